The topological polar surface area (TPSA) is 37.5 Å². The van der Waals surface area contributed by atoms with E-state index >= 15 is 0 Å². The van der Waals surface area contributed by atoms with Gasteiger partial charge in [-0.3, -0.25) is 4.99 Å². The third kappa shape index (κ3) is 5.37. The Labute approximate surface area is 321 Å². The van der Waals surface area contributed by atoms with Gasteiger partial charge in [-0.25, -0.2) is 0 Å². The lowest BCUT2D eigenvalue weighted by atomic mass is 9.67. The molecule has 1 N–H and O–H groups in total. The molecule has 1 fully saturated rings. The molecule has 1 atom stereocenters. The molecule has 1 unspecified atom stereocenters. The summed E-state index contributed by atoms with van der Waals surface area (Å²) in [7, 11) is 0. The van der Waals surface area contributed by atoms with Crippen LogP contribution in [0.25, 0.3) is 61.0 Å². The molecule has 1 saturated carbocycles. The maximum absolute atomic E-state index is 6.43. The van der Waals surface area contributed by atoms with Crippen molar-refractivity contribution in [2.45, 2.75) is 43.7 Å². The van der Waals surface area contributed by atoms with Crippen LogP contribution < -0.4 is 5.32 Å². The van der Waals surface area contributed by atoms with Gasteiger partial charge in [0.1, 0.15) is 17.3 Å². The molecule has 1 aromatic heterocycles. The first-order valence-corrected chi connectivity index (χ1v) is 19.7. The standard InChI is InChI=1S/C52H40N2O/c1-4-12-34(13-5-1)35-18-22-37(23-19-35)47-33-48(54-51(53-47)39-14-6-2-7-15-39)38-24-20-36(21-25-38)40-26-27-45-42(30-40)43-32-50-44(41-16-8-9-17-49(41)55-50)31-46(43)52(45)28-10-3-11-29-52/h1-2,4-9,12-27,30-33,51,54H,3,10-11,28-29H2. The molecule has 0 amide bonds. The summed E-state index contributed by atoms with van der Waals surface area (Å²) in [4.78, 5) is 5.21. The van der Waals surface area contributed by atoms with Crippen molar-refractivity contribution in [2.75, 3.05) is 0 Å². The van der Waals surface area contributed by atoms with Crippen molar-refractivity contribution < 1.29 is 4.42 Å². The summed E-state index contributed by atoms with van der Waals surface area (Å²) in [5.74, 6) is 0. The van der Waals surface area contributed by atoms with Gasteiger partial charge in [0.15, 0.2) is 0 Å². The second kappa shape index (κ2) is 12.8. The van der Waals surface area contributed by atoms with E-state index in [-0.39, 0.29) is 11.6 Å². The summed E-state index contributed by atoms with van der Waals surface area (Å²) in [6.45, 7) is 0. The SMILES string of the molecule is C1=C(c2ccc(-c3ccc4c(c3)-c3cc5oc6ccccc6c5cc3C43CCCCC3)cc2)NC(c2ccccc2)N=C1c1ccc(-c2ccccc2)cc1. The number of fused-ring (bicyclic) bond motifs is 8. The predicted molar refractivity (Wildman–Crippen MR) is 227 cm³/mol. The highest BCUT2D eigenvalue weighted by molar-refractivity contribution is 6.13. The van der Waals surface area contributed by atoms with Crippen LogP contribution in [0.15, 0.2) is 179 Å². The van der Waals surface area contributed by atoms with Crippen LogP contribution in [0, 0.1) is 0 Å². The first-order chi connectivity index (χ1) is 27.2. The monoisotopic (exact) mass is 708 g/mol. The smallest absolute Gasteiger partial charge is 0.145 e. The minimum absolute atomic E-state index is 0.0768. The predicted octanol–water partition coefficient (Wildman–Crippen LogP) is 13.3. The maximum Gasteiger partial charge on any atom is 0.145 e. The van der Waals surface area contributed by atoms with Gasteiger partial charge in [-0.2, -0.15) is 0 Å². The first kappa shape index (κ1) is 32.0. The molecule has 8 aromatic rings. The van der Waals surface area contributed by atoms with E-state index in [1.54, 1.807) is 0 Å². The number of rotatable bonds is 5. The molecule has 7 aromatic carbocycles. The average Bonchev–Trinajstić information content (AvgIpc) is 3.75. The van der Waals surface area contributed by atoms with Crippen LogP contribution in [0.1, 0.15) is 66.1 Å². The van der Waals surface area contributed by atoms with Crippen LogP contribution in [0.3, 0.4) is 0 Å². The van der Waals surface area contributed by atoms with E-state index in [0.717, 1.165) is 39.3 Å². The van der Waals surface area contributed by atoms with Gasteiger partial charge in [-0.1, -0.05) is 159 Å². The third-order valence-electron chi connectivity index (χ3n) is 12.3. The highest BCUT2D eigenvalue weighted by atomic mass is 16.3. The Morgan fingerprint density at radius 1 is 0.491 bits per heavy atom. The number of nitrogens with zero attached hydrogens (tertiary/aromatic N) is 1. The average molecular weight is 709 g/mol. The van der Waals surface area contributed by atoms with E-state index in [4.69, 9.17) is 9.41 Å². The summed E-state index contributed by atoms with van der Waals surface area (Å²) >= 11 is 0. The van der Waals surface area contributed by atoms with E-state index in [2.05, 4.69) is 175 Å². The van der Waals surface area contributed by atoms with E-state index in [1.165, 1.54) is 87.4 Å². The summed E-state index contributed by atoms with van der Waals surface area (Å²) in [5, 5.41) is 6.19. The molecule has 0 radical (unpaired) electrons. The molecule has 3 heteroatoms. The van der Waals surface area contributed by atoms with Gasteiger partial charge in [0.2, 0.25) is 0 Å². The van der Waals surface area contributed by atoms with Crippen molar-refractivity contribution in [1.29, 1.82) is 0 Å². The summed E-state index contributed by atoms with van der Waals surface area (Å²) < 4.78 is 6.43. The number of benzene rings is 7. The summed E-state index contributed by atoms with van der Waals surface area (Å²) in [6, 6.07) is 59.3. The van der Waals surface area contributed by atoms with Crippen molar-refractivity contribution in [3.8, 4) is 33.4 Å². The second-order valence-corrected chi connectivity index (χ2v) is 15.4. The number of aliphatic imine (C=N–C) groups is 1. The van der Waals surface area contributed by atoms with Crippen molar-refractivity contribution in [3.05, 3.63) is 198 Å². The minimum Gasteiger partial charge on any atom is -0.456 e. The lowest BCUT2D eigenvalue weighted by molar-refractivity contribution is 0.353. The minimum atomic E-state index is -0.188. The van der Waals surface area contributed by atoms with Gasteiger partial charge in [0.05, 0.1) is 5.71 Å². The summed E-state index contributed by atoms with van der Waals surface area (Å²) in [5.41, 5.74) is 18.0. The number of para-hydroxylation sites is 1. The van der Waals surface area contributed by atoms with Crippen molar-refractivity contribution in [2.24, 2.45) is 4.99 Å². The molecule has 2 heterocycles. The largest absolute Gasteiger partial charge is 0.456 e. The lowest BCUT2D eigenvalue weighted by Crippen LogP contribution is -2.28. The highest BCUT2D eigenvalue weighted by Gasteiger charge is 2.44. The Morgan fingerprint density at radius 2 is 1.11 bits per heavy atom. The normalized spacial score (nSPS) is 17.1. The zero-order valence-electron chi connectivity index (χ0n) is 30.6. The van der Waals surface area contributed by atoms with Crippen molar-refractivity contribution in [3.63, 3.8) is 0 Å². The van der Waals surface area contributed by atoms with Crippen molar-refractivity contribution >= 4 is 33.3 Å². The Bertz CT molecular complexity index is 2790. The highest BCUT2D eigenvalue weighted by Crippen LogP contribution is 2.57. The van der Waals surface area contributed by atoms with E-state index < -0.39 is 0 Å². The lowest BCUT2D eigenvalue weighted by Gasteiger charge is -2.36. The molecular weight excluding hydrogens is 669 g/mol. The van der Waals surface area contributed by atoms with Crippen LogP contribution in [-0.4, -0.2) is 5.71 Å². The molecule has 0 bridgehead atoms. The Kier molecular flexibility index (Phi) is 7.48. The van der Waals surface area contributed by atoms with Crippen LogP contribution in [0.2, 0.25) is 0 Å². The van der Waals surface area contributed by atoms with Gasteiger partial charge in [-0.05, 0) is 104 Å². The van der Waals surface area contributed by atoms with Crippen molar-refractivity contribution in [1.82, 2.24) is 5.32 Å². The molecule has 55 heavy (non-hydrogen) atoms. The van der Waals surface area contributed by atoms with E-state index in [1.807, 2.05) is 0 Å². The molecule has 3 aliphatic rings. The maximum atomic E-state index is 6.43. The van der Waals surface area contributed by atoms with Crippen LogP contribution in [0.5, 0.6) is 0 Å². The van der Waals surface area contributed by atoms with Crippen LogP contribution >= 0.6 is 0 Å². The molecule has 11 rings (SSSR count). The Morgan fingerprint density at radius 3 is 1.89 bits per heavy atom. The first-order valence-electron chi connectivity index (χ1n) is 19.7. The number of hydrogen-bond donors (Lipinski definition) is 1. The Balaban J connectivity index is 0.951. The van der Waals surface area contributed by atoms with E-state index in [9.17, 15) is 0 Å². The van der Waals surface area contributed by atoms with Gasteiger partial charge in [0.25, 0.3) is 0 Å². The molecule has 2 aliphatic carbocycles. The number of furan rings is 1. The molecule has 1 aliphatic heterocycles. The second-order valence-electron chi connectivity index (χ2n) is 15.4. The Hall–Kier alpha value is -6.45. The zero-order chi connectivity index (χ0) is 36.3. The van der Waals surface area contributed by atoms with Crippen LogP contribution in [-0.2, 0) is 5.41 Å². The van der Waals surface area contributed by atoms with Gasteiger partial charge < -0.3 is 9.73 Å². The molecule has 0 saturated heterocycles. The molecule has 264 valence electrons. The fourth-order valence-corrected chi connectivity index (χ4v) is 9.55. The molecule has 3 nitrogen and oxygen atoms in total. The van der Waals surface area contributed by atoms with Gasteiger partial charge >= 0.3 is 0 Å². The fourth-order valence-electron chi connectivity index (χ4n) is 9.55. The summed E-state index contributed by atoms with van der Waals surface area (Å²) in [6.07, 6.45) is 8.28. The number of hydrogen-bond acceptors (Lipinski definition) is 3. The molecular formula is C52H40N2O. The quantitative estimate of drug-likeness (QED) is 0.193. The van der Waals surface area contributed by atoms with Crippen LogP contribution in [0.4, 0.5) is 0 Å². The molecule has 1 spiro atoms. The zero-order valence-corrected chi connectivity index (χ0v) is 30.6. The van der Waals surface area contributed by atoms with E-state index in [0.29, 0.717) is 0 Å². The van der Waals surface area contributed by atoms with Gasteiger partial charge in [0, 0.05) is 21.9 Å². The fraction of sp³-hybridized carbons (Fsp3) is 0.135. The van der Waals surface area contributed by atoms with Gasteiger partial charge in [-0.15, -0.1) is 0 Å². The third-order valence-corrected chi connectivity index (χ3v) is 12.3. The number of allylic oxidation sites excluding steroid dienone is 1. The number of nitrogens with one attached hydrogen (secondary N) is 1.